The van der Waals surface area contributed by atoms with Gasteiger partial charge in [-0.15, -0.1) is 0 Å². The Kier molecular flexibility index (Phi) is 7.12. The largest absolute Gasteiger partial charge is 0.383 e. The van der Waals surface area contributed by atoms with E-state index in [1.54, 1.807) is 13.2 Å². The first-order valence-corrected chi connectivity index (χ1v) is 8.95. The Hall–Kier alpha value is -2.67. The molecule has 1 aromatic heterocycles. The van der Waals surface area contributed by atoms with Crippen LogP contribution in [-0.2, 0) is 9.53 Å². The number of nitrogens with one attached hydrogen (secondary N) is 2. The number of aryl methyl sites for hydroxylation is 2. The van der Waals surface area contributed by atoms with Crippen molar-refractivity contribution in [2.75, 3.05) is 20.3 Å². The first-order chi connectivity index (χ1) is 12.8. The molecule has 2 aromatic rings. The molecule has 7 heteroatoms. The number of carbonyl (C=O) groups is 2. The lowest BCUT2D eigenvalue weighted by Crippen LogP contribution is -2.50. The van der Waals surface area contributed by atoms with Crippen molar-refractivity contribution in [1.82, 2.24) is 15.8 Å². The number of hydrogen-bond donors (Lipinski definition) is 2. The van der Waals surface area contributed by atoms with Crippen LogP contribution in [0.2, 0.25) is 0 Å². The molecule has 1 atom stereocenters. The van der Waals surface area contributed by atoms with E-state index in [0.29, 0.717) is 18.9 Å². The molecule has 1 unspecified atom stereocenters. The van der Waals surface area contributed by atoms with Crippen molar-refractivity contribution in [3.63, 3.8) is 0 Å². The summed E-state index contributed by atoms with van der Waals surface area (Å²) in [6, 6.07) is 6.91. The highest BCUT2D eigenvalue weighted by atomic mass is 16.5. The van der Waals surface area contributed by atoms with E-state index in [2.05, 4.69) is 15.8 Å². The third-order valence-corrected chi connectivity index (χ3v) is 4.24. The number of aromatic nitrogens is 1. The van der Waals surface area contributed by atoms with Gasteiger partial charge in [0, 0.05) is 25.3 Å². The summed E-state index contributed by atoms with van der Waals surface area (Å²) in [7, 11) is 1.56. The van der Waals surface area contributed by atoms with Crippen molar-refractivity contribution < 1.29 is 18.8 Å². The zero-order chi connectivity index (χ0) is 20.0. The first-order valence-electron chi connectivity index (χ1n) is 8.95. The highest BCUT2D eigenvalue weighted by molar-refractivity contribution is 5.96. The van der Waals surface area contributed by atoms with E-state index in [0.717, 1.165) is 16.7 Å². The van der Waals surface area contributed by atoms with Crippen LogP contribution in [0, 0.1) is 19.8 Å². The van der Waals surface area contributed by atoms with E-state index < -0.39 is 11.9 Å². The zero-order valence-electron chi connectivity index (χ0n) is 16.5. The number of carbonyl (C=O) groups excluding carboxylic acids is 2. The predicted molar refractivity (Wildman–Crippen MR) is 102 cm³/mol. The van der Waals surface area contributed by atoms with Crippen LogP contribution in [0.3, 0.4) is 0 Å². The molecular formula is C20H27N3O4. The van der Waals surface area contributed by atoms with Gasteiger partial charge in [-0.2, -0.15) is 0 Å². The number of rotatable bonds is 8. The fraction of sp³-hybridized carbons (Fsp3) is 0.450. The summed E-state index contributed by atoms with van der Waals surface area (Å²) in [4.78, 5) is 24.9. The van der Waals surface area contributed by atoms with Gasteiger partial charge in [0.05, 0.1) is 6.61 Å². The van der Waals surface area contributed by atoms with Crippen molar-refractivity contribution in [1.29, 1.82) is 0 Å². The molecule has 0 saturated heterocycles. The van der Waals surface area contributed by atoms with Gasteiger partial charge >= 0.3 is 0 Å². The van der Waals surface area contributed by atoms with Gasteiger partial charge in [-0.3, -0.25) is 9.59 Å². The fourth-order valence-corrected chi connectivity index (χ4v) is 2.65. The Labute approximate surface area is 159 Å². The van der Waals surface area contributed by atoms with Gasteiger partial charge in [0.2, 0.25) is 5.91 Å². The molecule has 1 heterocycles. The number of amides is 2. The van der Waals surface area contributed by atoms with Crippen molar-refractivity contribution in [3.8, 4) is 11.3 Å². The molecule has 7 nitrogen and oxygen atoms in total. The normalized spacial score (nSPS) is 12.1. The Balaban J connectivity index is 2.11. The number of benzene rings is 1. The van der Waals surface area contributed by atoms with Crippen molar-refractivity contribution in [2.45, 2.75) is 33.7 Å². The third-order valence-electron chi connectivity index (χ3n) is 4.24. The van der Waals surface area contributed by atoms with Gasteiger partial charge in [-0.1, -0.05) is 36.7 Å². The second-order valence-corrected chi connectivity index (χ2v) is 6.87. The molecule has 0 bridgehead atoms. The average molecular weight is 373 g/mol. The zero-order valence-corrected chi connectivity index (χ0v) is 16.5. The lowest BCUT2D eigenvalue weighted by atomic mass is 10.0. The van der Waals surface area contributed by atoms with Crippen LogP contribution >= 0.6 is 0 Å². The Morgan fingerprint density at radius 2 is 1.96 bits per heavy atom. The van der Waals surface area contributed by atoms with Crippen LogP contribution in [0.4, 0.5) is 0 Å². The standard InChI is InChI=1S/C20H27N3O4/c1-12(2)18(20(25)21-8-9-26-5)22-19(24)16-11-17(27-23-16)15-10-13(3)6-7-14(15)4/h6-7,10-12,18H,8-9H2,1-5H3,(H,21,25)(H,22,24). The van der Waals surface area contributed by atoms with Crippen LogP contribution in [0.5, 0.6) is 0 Å². The molecule has 146 valence electrons. The van der Waals surface area contributed by atoms with Gasteiger partial charge < -0.3 is 19.9 Å². The molecule has 0 radical (unpaired) electrons. The summed E-state index contributed by atoms with van der Waals surface area (Å²) >= 11 is 0. The van der Waals surface area contributed by atoms with Crippen molar-refractivity contribution in [2.24, 2.45) is 5.92 Å². The van der Waals surface area contributed by atoms with E-state index in [-0.39, 0.29) is 17.5 Å². The van der Waals surface area contributed by atoms with Gasteiger partial charge in [0.15, 0.2) is 11.5 Å². The maximum atomic E-state index is 12.6. The number of hydrogen-bond acceptors (Lipinski definition) is 5. The molecule has 2 rings (SSSR count). The minimum absolute atomic E-state index is 0.0816. The van der Waals surface area contributed by atoms with Crippen LogP contribution in [-0.4, -0.2) is 43.3 Å². The van der Waals surface area contributed by atoms with Gasteiger partial charge in [0.1, 0.15) is 6.04 Å². The minimum atomic E-state index is -0.671. The van der Waals surface area contributed by atoms with Crippen LogP contribution in [0.15, 0.2) is 28.8 Å². The number of methoxy groups -OCH3 is 1. The quantitative estimate of drug-likeness (QED) is 0.694. The first kappa shape index (κ1) is 20.6. The molecule has 1 aromatic carbocycles. The van der Waals surface area contributed by atoms with Crippen LogP contribution in [0.25, 0.3) is 11.3 Å². The Bertz CT molecular complexity index is 798. The molecule has 0 aliphatic carbocycles. The molecule has 0 fully saturated rings. The molecule has 0 aliphatic heterocycles. The van der Waals surface area contributed by atoms with E-state index in [4.69, 9.17) is 9.26 Å². The number of nitrogens with zero attached hydrogens (tertiary/aromatic N) is 1. The minimum Gasteiger partial charge on any atom is -0.383 e. The summed E-state index contributed by atoms with van der Waals surface area (Å²) in [5.74, 6) is -0.265. The summed E-state index contributed by atoms with van der Waals surface area (Å²) in [6.07, 6.45) is 0. The van der Waals surface area contributed by atoms with E-state index in [9.17, 15) is 9.59 Å². The molecule has 0 spiro atoms. The second-order valence-electron chi connectivity index (χ2n) is 6.87. The monoisotopic (exact) mass is 373 g/mol. The van der Waals surface area contributed by atoms with Crippen molar-refractivity contribution >= 4 is 11.8 Å². The SMILES string of the molecule is COCCNC(=O)C(NC(=O)c1cc(-c2cc(C)ccc2C)on1)C(C)C. The lowest BCUT2D eigenvalue weighted by Gasteiger charge is -2.21. The third kappa shape index (κ3) is 5.40. The second kappa shape index (κ2) is 9.32. The van der Waals surface area contributed by atoms with Gasteiger partial charge in [0.25, 0.3) is 5.91 Å². The van der Waals surface area contributed by atoms with E-state index in [1.165, 1.54) is 0 Å². The van der Waals surface area contributed by atoms with E-state index >= 15 is 0 Å². The Morgan fingerprint density at radius 1 is 1.22 bits per heavy atom. The van der Waals surface area contributed by atoms with Gasteiger partial charge in [-0.25, -0.2) is 0 Å². The topological polar surface area (TPSA) is 93.5 Å². The molecule has 2 amide bonds. The van der Waals surface area contributed by atoms with Crippen LogP contribution < -0.4 is 10.6 Å². The maximum Gasteiger partial charge on any atom is 0.274 e. The highest BCUT2D eigenvalue weighted by Crippen LogP contribution is 2.25. The fourth-order valence-electron chi connectivity index (χ4n) is 2.65. The molecule has 27 heavy (non-hydrogen) atoms. The molecule has 2 N–H and O–H groups in total. The summed E-state index contributed by atoms with van der Waals surface area (Å²) in [5.41, 5.74) is 3.15. The maximum absolute atomic E-state index is 12.6. The summed E-state index contributed by atoms with van der Waals surface area (Å²) in [6.45, 7) is 8.48. The van der Waals surface area contributed by atoms with Crippen LogP contribution in [0.1, 0.15) is 35.5 Å². The summed E-state index contributed by atoms with van der Waals surface area (Å²) < 4.78 is 10.3. The van der Waals surface area contributed by atoms with Gasteiger partial charge in [-0.05, 0) is 31.4 Å². The summed E-state index contributed by atoms with van der Waals surface area (Å²) in [5, 5.41) is 9.35. The molecule has 0 aliphatic rings. The lowest BCUT2D eigenvalue weighted by molar-refractivity contribution is -0.124. The average Bonchev–Trinajstić information content (AvgIpc) is 3.11. The predicted octanol–water partition coefficient (Wildman–Crippen LogP) is 2.48. The Morgan fingerprint density at radius 3 is 2.63 bits per heavy atom. The molecular weight excluding hydrogens is 346 g/mol. The van der Waals surface area contributed by atoms with E-state index in [1.807, 2.05) is 45.9 Å². The van der Waals surface area contributed by atoms with Crippen molar-refractivity contribution in [3.05, 3.63) is 41.1 Å². The number of ether oxygens (including phenoxy) is 1. The molecule has 0 saturated carbocycles. The highest BCUT2D eigenvalue weighted by Gasteiger charge is 2.26. The smallest absolute Gasteiger partial charge is 0.274 e.